The molecule has 0 aliphatic heterocycles. The lowest BCUT2D eigenvalue weighted by Crippen LogP contribution is -2.42. The zero-order chi connectivity index (χ0) is 20.7. The number of rotatable bonds is 6. The molecule has 6 heteroatoms. The largest absolute Gasteiger partial charge is 0.478 e. The molecule has 0 spiro atoms. The fourth-order valence-corrected chi connectivity index (χ4v) is 5.87. The lowest BCUT2D eigenvalue weighted by Gasteiger charge is -2.48. The lowest BCUT2D eigenvalue weighted by atomic mass is 9.57. The summed E-state index contributed by atoms with van der Waals surface area (Å²) in [6, 6.07) is 0. The van der Waals surface area contributed by atoms with E-state index < -0.39 is 11.9 Å². The highest BCUT2D eigenvalue weighted by molar-refractivity contribution is 5.84. The molecule has 0 aromatic carbocycles. The highest BCUT2D eigenvalue weighted by atomic mass is 16.4. The number of carboxylic acids is 2. The molecule has 0 heterocycles. The topological polar surface area (TPSA) is 115 Å². The van der Waals surface area contributed by atoms with Gasteiger partial charge in [0.15, 0.2) is 0 Å². The number of carbonyl (C=O) groups is 2. The van der Waals surface area contributed by atoms with Gasteiger partial charge in [0.05, 0.1) is 0 Å². The van der Waals surface area contributed by atoms with Crippen molar-refractivity contribution in [2.45, 2.75) is 58.3 Å². The highest BCUT2D eigenvalue weighted by Crippen LogP contribution is 2.74. The van der Waals surface area contributed by atoms with E-state index in [1.165, 1.54) is 45.4 Å². The number of aliphatic hydroxyl groups excluding tert-OH is 2. The predicted molar refractivity (Wildman–Crippen MR) is 103 cm³/mol. The van der Waals surface area contributed by atoms with Gasteiger partial charge in [-0.25, -0.2) is 9.59 Å². The summed E-state index contributed by atoms with van der Waals surface area (Å²) < 4.78 is 0. The van der Waals surface area contributed by atoms with Crippen LogP contribution in [0.1, 0.15) is 58.3 Å². The normalized spacial score (nSPS) is 32.4. The molecule has 4 atom stereocenters. The van der Waals surface area contributed by atoms with E-state index >= 15 is 0 Å². The molecule has 4 unspecified atom stereocenters. The van der Waals surface area contributed by atoms with Crippen LogP contribution in [0.15, 0.2) is 24.8 Å². The van der Waals surface area contributed by atoms with E-state index in [4.69, 9.17) is 10.2 Å². The first-order valence-electron chi connectivity index (χ1n) is 9.65. The average Bonchev–Trinajstić information content (AvgIpc) is 3.27. The third-order valence-corrected chi connectivity index (χ3v) is 6.81. The van der Waals surface area contributed by atoms with Crippen LogP contribution in [0.4, 0.5) is 0 Å². The molecule has 0 radical (unpaired) electrons. The molecule has 0 saturated heterocycles. The summed E-state index contributed by atoms with van der Waals surface area (Å²) in [5.41, 5.74) is 0.985. The van der Waals surface area contributed by atoms with Gasteiger partial charge in [-0.1, -0.05) is 19.6 Å². The van der Waals surface area contributed by atoms with Crippen molar-refractivity contribution in [3.63, 3.8) is 0 Å². The van der Waals surface area contributed by atoms with E-state index in [0.29, 0.717) is 24.0 Å². The summed E-state index contributed by atoms with van der Waals surface area (Å²) in [5.74, 6) is -0.124. The van der Waals surface area contributed by atoms with Gasteiger partial charge in [-0.2, -0.15) is 0 Å². The molecular formula is C21H34O6. The van der Waals surface area contributed by atoms with Crippen molar-refractivity contribution in [2.24, 2.45) is 22.7 Å². The third-order valence-electron chi connectivity index (χ3n) is 6.81. The van der Waals surface area contributed by atoms with Crippen molar-refractivity contribution in [1.82, 2.24) is 0 Å². The molecule has 3 aliphatic rings. The molecule has 0 amide bonds. The van der Waals surface area contributed by atoms with Crippen LogP contribution in [0.5, 0.6) is 0 Å². The number of aliphatic hydroxyl groups is 2. The molecule has 3 fully saturated rings. The van der Waals surface area contributed by atoms with Crippen LogP contribution in [-0.2, 0) is 9.59 Å². The summed E-state index contributed by atoms with van der Waals surface area (Å²) in [6.45, 7) is 8.25. The molecule has 3 aliphatic carbocycles. The Kier molecular flexibility index (Phi) is 8.69. The maximum Gasteiger partial charge on any atom is 0.330 e. The molecule has 3 rings (SSSR count). The Bertz CT molecular complexity index is 545. The van der Waals surface area contributed by atoms with Crippen molar-refractivity contribution in [3.8, 4) is 0 Å². The fraction of sp³-hybridized carbons (Fsp3) is 0.714. The number of aliphatic carboxylic acids is 2. The van der Waals surface area contributed by atoms with Gasteiger partial charge in [0.1, 0.15) is 0 Å². The van der Waals surface area contributed by atoms with E-state index in [0.717, 1.165) is 30.8 Å². The van der Waals surface area contributed by atoms with Gasteiger partial charge in [0.2, 0.25) is 0 Å². The van der Waals surface area contributed by atoms with Gasteiger partial charge in [-0.05, 0) is 74.5 Å². The average molecular weight is 382 g/mol. The summed E-state index contributed by atoms with van der Waals surface area (Å²) in [4.78, 5) is 18.8. The van der Waals surface area contributed by atoms with Crippen LogP contribution < -0.4 is 0 Å². The minimum Gasteiger partial charge on any atom is -0.478 e. The van der Waals surface area contributed by atoms with E-state index in [9.17, 15) is 19.8 Å². The second-order valence-electron chi connectivity index (χ2n) is 8.01. The van der Waals surface area contributed by atoms with E-state index in [2.05, 4.69) is 13.2 Å². The Labute approximate surface area is 161 Å². The van der Waals surface area contributed by atoms with Gasteiger partial charge in [0, 0.05) is 24.9 Å². The zero-order valence-electron chi connectivity index (χ0n) is 16.3. The second-order valence-corrected chi connectivity index (χ2v) is 8.01. The molecule has 6 nitrogen and oxygen atoms in total. The molecule has 0 aromatic heterocycles. The third kappa shape index (κ3) is 4.99. The maximum absolute atomic E-state index is 9.60. The van der Waals surface area contributed by atoms with E-state index in [-0.39, 0.29) is 5.57 Å². The number of carboxylic acid groups (broad SMARTS) is 2. The Hall–Kier alpha value is -1.66. The van der Waals surface area contributed by atoms with Crippen molar-refractivity contribution >= 4 is 11.9 Å². The number of hydrogen-bond donors (Lipinski definition) is 4. The van der Waals surface area contributed by atoms with E-state index in [1.807, 2.05) is 0 Å². The first kappa shape index (κ1) is 23.4. The molecule has 4 N–H and O–H groups in total. The lowest BCUT2D eigenvalue weighted by molar-refractivity contribution is -0.133. The molecule has 3 saturated carbocycles. The van der Waals surface area contributed by atoms with E-state index in [1.54, 1.807) is 0 Å². The predicted octanol–water partition coefficient (Wildman–Crippen LogP) is 3.24. The maximum atomic E-state index is 9.60. The van der Waals surface area contributed by atoms with Crippen molar-refractivity contribution < 1.29 is 30.0 Å². The summed E-state index contributed by atoms with van der Waals surface area (Å²) >= 11 is 0. The fourth-order valence-electron chi connectivity index (χ4n) is 5.87. The Morgan fingerprint density at radius 1 is 1.11 bits per heavy atom. The monoisotopic (exact) mass is 382 g/mol. The van der Waals surface area contributed by atoms with Gasteiger partial charge >= 0.3 is 11.9 Å². The van der Waals surface area contributed by atoms with Crippen LogP contribution in [0.2, 0.25) is 0 Å². The molecule has 2 bridgehead atoms. The van der Waals surface area contributed by atoms with Gasteiger partial charge < -0.3 is 20.4 Å². The van der Waals surface area contributed by atoms with Crippen molar-refractivity contribution in [3.05, 3.63) is 24.8 Å². The Morgan fingerprint density at radius 2 is 1.67 bits per heavy atom. The summed E-state index contributed by atoms with van der Waals surface area (Å²) in [6.07, 6.45) is 10.9. The van der Waals surface area contributed by atoms with Crippen molar-refractivity contribution in [2.75, 3.05) is 13.2 Å². The van der Waals surface area contributed by atoms with Crippen LogP contribution in [0.3, 0.4) is 0 Å². The van der Waals surface area contributed by atoms with Gasteiger partial charge in [0.25, 0.3) is 0 Å². The molecular weight excluding hydrogens is 348 g/mol. The minimum atomic E-state index is -0.981. The first-order chi connectivity index (χ1) is 12.7. The Balaban J connectivity index is 0.000000278. The Morgan fingerprint density at radius 3 is 2.11 bits per heavy atom. The molecule has 0 aromatic rings. The highest BCUT2D eigenvalue weighted by Gasteiger charge is 2.66. The van der Waals surface area contributed by atoms with Crippen LogP contribution in [0, 0.1) is 22.7 Å². The van der Waals surface area contributed by atoms with Crippen LogP contribution >= 0.6 is 0 Å². The SMILES string of the molecule is C=C(C)C(=O)O.C=CC(=O)O.OCCC12CCC(C1)C1CCCC12CCO. The van der Waals surface area contributed by atoms with Crippen LogP contribution in [0.25, 0.3) is 0 Å². The zero-order valence-corrected chi connectivity index (χ0v) is 16.3. The summed E-state index contributed by atoms with van der Waals surface area (Å²) in [5, 5.41) is 34.3. The molecule has 27 heavy (non-hydrogen) atoms. The van der Waals surface area contributed by atoms with Gasteiger partial charge in [-0.3, -0.25) is 0 Å². The standard InChI is InChI=1S/C14H24O2.C4H6O2.C3H4O2/c15-8-6-13-5-3-11(10-13)12-2-1-4-14(12,13)7-9-16;1-3(2)4(5)6;1-2-3(4)5/h11-12,15-16H,1-10H2;1H2,2H3,(H,5,6);2H,1H2,(H,4,5). The van der Waals surface area contributed by atoms with Crippen molar-refractivity contribution in [1.29, 1.82) is 0 Å². The smallest absolute Gasteiger partial charge is 0.330 e. The second kappa shape index (κ2) is 10.0. The van der Waals surface area contributed by atoms with Gasteiger partial charge in [-0.15, -0.1) is 0 Å². The quantitative estimate of drug-likeness (QED) is 0.524. The first-order valence-corrected chi connectivity index (χ1v) is 9.65. The summed E-state index contributed by atoms with van der Waals surface area (Å²) in [7, 11) is 0. The number of hydrogen-bond acceptors (Lipinski definition) is 4. The minimum absolute atomic E-state index is 0.176. The number of fused-ring (bicyclic) bond motifs is 5. The van der Waals surface area contributed by atoms with Crippen LogP contribution in [-0.4, -0.2) is 45.6 Å². The molecule has 154 valence electrons.